The van der Waals surface area contributed by atoms with Gasteiger partial charge in [0.25, 0.3) is 0 Å². The standard InChI is InChI=1S/C18H24FN3O2S/c1-17(2,3)24-16(23)22-10-8-18(9-11-22)20-14(15(25)21-18)12-4-6-13(19)7-5-12/h4-7,15,21,25H,8-11H2,1-3H3. The molecule has 3 rings (SSSR count). The minimum absolute atomic E-state index is 0.210. The van der Waals surface area contributed by atoms with E-state index in [1.165, 1.54) is 12.1 Å². The molecule has 7 heteroatoms. The van der Waals surface area contributed by atoms with Crippen LogP contribution >= 0.6 is 12.6 Å². The number of ether oxygens (including phenoxy) is 1. The second-order valence-electron chi connectivity index (χ2n) is 7.55. The average Bonchev–Trinajstić information content (AvgIpc) is 2.83. The average molecular weight is 365 g/mol. The number of nitrogens with one attached hydrogen (secondary N) is 1. The summed E-state index contributed by atoms with van der Waals surface area (Å²) in [6, 6.07) is 6.28. The van der Waals surface area contributed by atoms with Crippen LogP contribution in [-0.2, 0) is 4.74 Å². The lowest BCUT2D eigenvalue weighted by Gasteiger charge is -2.38. The van der Waals surface area contributed by atoms with Gasteiger partial charge in [-0.3, -0.25) is 10.3 Å². The molecule has 0 saturated carbocycles. The molecule has 25 heavy (non-hydrogen) atoms. The van der Waals surface area contributed by atoms with E-state index in [-0.39, 0.29) is 17.3 Å². The van der Waals surface area contributed by atoms with Crippen molar-refractivity contribution in [2.45, 2.75) is 50.3 Å². The summed E-state index contributed by atoms with van der Waals surface area (Å²) in [7, 11) is 0. The molecule has 1 atom stereocenters. The number of aliphatic imine (C=N–C) groups is 1. The van der Waals surface area contributed by atoms with Crippen LogP contribution in [0.4, 0.5) is 9.18 Å². The fourth-order valence-corrected chi connectivity index (χ4v) is 3.58. The Morgan fingerprint density at radius 3 is 2.48 bits per heavy atom. The lowest BCUT2D eigenvalue weighted by molar-refractivity contribution is 0.0159. The van der Waals surface area contributed by atoms with Crippen molar-refractivity contribution in [2.24, 2.45) is 4.99 Å². The van der Waals surface area contributed by atoms with Crippen LogP contribution in [0.3, 0.4) is 0 Å². The molecule has 1 unspecified atom stereocenters. The minimum atomic E-state index is -0.498. The minimum Gasteiger partial charge on any atom is -0.444 e. The maximum Gasteiger partial charge on any atom is 0.410 e. The van der Waals surface area contributed by atoms with Crippen LogP contribution in [0.15, 0.2) is 29.3 Å². The Kier molecular flexibility index (Phi) is 4.81. The number of carbonyl (C=O) groups excluding carboxylic acids is 1. The first-order chi connectivity index (χ1) is 11.7. The largest absolute Gasteiger partial charge is 0.444 e. The number of amides is 1. The zero-order valence-corrected chi connectivity index (χ0v) is 15.6. The smallest absolute Gasteiger partial charge is 0.410 e. The third-order valence-electron chi connectivity index (χ3n) is 4.38. The van der Waals surface area contributed by atoms with E-state index in [9.17, 15) is 9.18 Å². The summed E-state index contributed by atoms with van der Waals surface area (Å²) in [5.74, 6) is -0.272. The molecule has 1 aromatic rings. The van der Waals surface area contributed by atoms with Crippen molar-refractivity contribution < 1.29 is 13.9 Å². The summed E-state index contributed by atoms with van der Waals surface area (Å²) < 4.78 is 18.6. The van der Waals surface area contributed by atoms with Crippen molar-refractivity contribution in [3.63, 3.8) is 0 Å². The van der Waals surface area contributed by atoms with Gasteiger partial charge < -0.3 is 9.64 Å². The zero-order chi connectivity index (χ0) is 18.2. The molecule has 1 fully saturated rings. The van der Waals surface area contributed by atoms with E-state index in [0.717, 1.165) is 11.3 Å². The first-order valence-corrected chi connectivity index (χ1v) is 8.99. The van der Waals surface area contributed by atoms with E-state index in [0.29, 0.717) is 25.9 Å². The van der Waals surface area contributed by atoms with E-state index < -0.39 is 11.3 Å². The molecular weight excluding hydrogens is 341 g/mol. The van der Waals surface area contributed by atoms with Gasteiger partial charge in [-0.15, -0.1) is 0 Å². The van der Waals surface area contributed by atoms with Crippen LogP contribution < -0.4 is 5.32 Å². The van der Waals surface area contributed by atoms with E-state index in [2.05, 4.69) is 17.9 Å². The van der Waals surface area contributed by atoms with Crippen molar-refractivity contribution in [2.75, 3.05) is 13.1 Å². The van der Waals surface area contributed by atoms with Crippen molar-refractivity contribution in [1.29, 1.82) is 0 Å². The summed E-state index contributed by atoms with van der Waals surface area (Å²) in [5, 5.41) is 3.22. The van der Waals surface area contributed by atoms with E-state index in [4.69, 9.17) is 9.73 Å². The van der Waals surface area contributed by atoms with Gasteiger partial charge in [0.2, 0.25) is 0 Å². The number of hydrogen-bond acceptors (Lipinski definition) is 5. The molecular formula is C18H24FN3O2S. The fourth-order valence-electron chi connectivity index (χ4n) is 3.13. The number of hydrogen-bond donors (Lipinski definition) is 2. The number of thiol groups is 1. The molecule has 2 aliphatic rings. The van der Waals surface area contributed by atoms with Gasteiger partial charge in [0.15, 0.2) is 0 Å². The van der Waals surface area contributed by atoms with Crippen LogP contribution in [0.5, 0.6) is 0 Å². The molecule has 0 bridgehead atoms. The molecule has 2 heterocycles. The lowest BCUT2D eigenvalue weighted by Crippen LogP contribution is -2.53. The predicted molar refractivity (Wildman–Crippen MR) is 98.6 cm³/mol. The number of likely N-dealkylation sites (tertiary alicyclic amines) is 1. The van der Waals surface area contributed by atoms with Gasteiger partial charge in [-0.2, -0.15) is 12.6 Å². The monoisotopic (exact) mass is 365 g/mol. The van der Waals surface area contributed by atoms with Crippen LogP contribution in [-0.4, -0.2) is 46.4 Å². The second-order valence-corrected chi connectivity index (χ2v) is 8.07. The number of benzene rings is 1. The third-order valence-corrected chi connectivity index (χ3v) is 4.75. The molecule has 1 amide bonds. The van der Waals surface area contributed by atoms with Crippen LogP contribution in [0.2, 0.25) is 0 Å². The molecule has 0 radical (unpaired) electrons. The third kappa shape index (κ3) is 4.15. The summed E-state index contributed by atoms with van der Waals surface area (Å²) in [4.78, 5) is 18.8. The molecule has 5 nitrogen and oxygen atoms in total. The highest BCUT2D eigenvalue weighted by atomic mass is 32.1. The van der Waals surface area contributed by atoms with Crippen LogP contribution in [0.1, 0.15) is 39.2 Å². The van der Waals surface area contributed by atoms with Gasteiger partial charge >= 0.3 is 6.09 Å². The molecule has 1 N–H and O–H groups in total. The first-order valence-electron chi connectivity index (χ1n) is 8.47. The van der Waals surface area contributed by atoms with Crippen molar-refractivity contribution in [1.82, 2.24) is 10.2 Å². The molecule has 0 aliphatic carbocycles. The fraction of sp³-hybridized carbons (Fsp3) is 0.556. The van der Waals surface area contributed by atoms with E-state index in [1.54, 1.807) is 17.0 Å². The predicted octanol–water partition coefficient (Wildman–Crippen LogP) is 3.20. The molecule has 1 aromatic carbocycles. The highest BCUT2D eigenvalue weighted by Gasteiger charge is 2.42. The maximum atomic E-state index is 13.1. The Balaban J connectivity index is 1.69. The highest BCUT2D eigenvalue weighted by Crippen LogP contribution is 2.32. The van der Waals surface area contributed by atoms with Crippen LogP contribution in [0.25, 0.3) is 0 Å². The molecule has 1 saturated heterocycles. The van der Waals surface area contributed by atoms with Gasteiger partial charge in [0.05, 0.1) is 11.1 Å². The van der Waals surface area contributed by atoms with Crippen molar-refractivity contribution in [3.05, 3.63) is 35.6 Å². The highest BCUT2D eigenvalue weighted by molar-refractivity contribution is 7.81. The van der Waals surface area contributed by atoms with Gasteiger partial charge in [0.1, 0.15) is 17.1 Å². The Bertz CT molecular complexity index is 677. The topological polar surface area (TPSA) is 53.9 Å². The van der Waals surface area contributed by atoms with Gasteiger partial charge in [0, 0.05) is 25.9 Å². The normalized spacial score (nSPS) is 22.8. The first kappa shape index (κ1) is 18.2. The molecule has 2 aliphatic heterocycles. The van der Waals surface area contributed by atoms with Crippen LogP contribution in [0, 0.1) is 5.82 Å². The Labute approximate surface area is 153 Å². The van der Waals surface area contributed by atoms with Crippen molar-refractivity contribution >= 4 is 24.4 Å². The number of rotatable bonds is 1. The van der Waals surface area contributed by atoms with Crippen molar-refractivity contribution in [3.8, 4) is 0 Å². The number of nitrogens with zero attached hydrogens (tertiary/aromatic N) is 2. The lowest BCUT2D eigenvalue weighted by atomic mass is 9.98. The maximum absolute atomic E-state index is 13.1. The van der Waals surface area contributed by atoms with E-state index >= 15 is 0 Å². The van der Waals surface area contributed by atoms with E-state index in [1.807, 2.05) is 20.8 Å². The summed E-state index contributed by atoms with van der Waals surface area (Å²) >= 11 is 4.59. The van der Waals surface area contributed by atoms with Gasteiger partial charge in [-0.05, 0) is 38.5 Å². The Hall–Kier alpha value is -1.60. The molecule has 136 valence electrons. The zero-order valence-electron chi connectivity index (χ0n) is 14.8. The quantitative estimate of drug-likeness (QED) is 0.752. The Morgan fingerprint density at radius 1 is 1.32 bits per heavy atom. The molecule has 1 spiro atoms. The Morgan fingerprint density at radius 2 is 1.92 bits per heavy atom. The number of piperidine rings is 1. The number of carbonyl (C=O) groups is 1. The van der Waals surface area contributed by atoms with Gasteiger partial charge in [-0.1, -0.05) is 12.1 Å². The second kappa shape index (κ2) is 6.61. The molecule has 0 aromatic heterocycles. The number of halogens is 1. The summed E-state index contributed by atoms with van der Waals surface area (Å²) in [6.07, 6.45) is 1.09. The van der Waals surface area contributed by atoms with Gasteiger partial charge in [-0.25, -0.2) is 9.18 Å². The summed E-state index contributed by atoms with van der Waals surface area (Å²) in [5.41, 5.74) is 0.755. The summed E-state index contributed by atoms with van der Waals surface area (Å²) in [6.45, 7) is 6.73. The SMILES string of the molecule is CC(C)(C)OC(=O)N1CCC2(CC1)N=C(c1ccc(F)cc1)C(S)N2.